The van der Waals surface area contributed by atoms with E-state index in [0.717, 1.165) is 27.6 Å². The molecule has 0 saturated carbocycles. The zero-order valence-corrected chi connectivity index (χ0v) is 14.8. The lowest BCUT2D eigenvalue weighted by molar-refractivity contribution is -0.119. The first-order chi connectivity index (χ1) is 12.5. The molecule has 3 aromatic carbocycles. The predicted octanol–water partition coefficient (Wildman–Crippen LogP) is 5.60. The molecular weight excluding hydrogens is 349 g/mol. The van der Waals surface area contributed by atoms with E-state index >= 15 is 0 Å². The molecule has 0 aliphatic carbocycles. The van der Waals surface area contributed by atoms with Gasteiger partial charge in [0.25, 0.3) is 0 Å². The number of hydrogen-bond acceptors (Lipinski definition) is 1. The summed E-state index contributed by atoms with van der Waals surface area (Å²) in [6.07, 6.45) is 0.316. The van der Waals surface area contributed by atoms with Crippen molar-refractivity contribution in [2.75, 3.05) is 11.4 Å². The molecule has 0 saturated heterocycles. The van der Waals surface area contributed by atoms with E-state index in [1.807, 2.05) is 24.3 Å². The molecule has 0 bridgehead atoms. The molecule has 0 N–H and O–H groups in total. The summed E-state index contributed by atoms with van der Waals surface area (Å²) in [5.74, 6) is -0.415. The topological polar surface area (TPSA) is 20.3 Å². The van der Waals surface area contributed by atoms with Crippen LogP contribution in [0, 0.1) is 5.82 Å². The zero-order valence-electron chi connectivity index (χ0n) is 14.1. The normalized spacial score (nSPS) is 16.6. The fourth-order valence-electron chi connectivity index (χ4n) is 3.73. The molecule has 1 aliphatic heterocycles. The third-order valence-corrected chi connectivity index (χ3v) is 4.99. The molecule has 0 radical (unpaired) electrons. The van der Waals surface area contributed by atoms with E-state index in [4.69, 9.17) is 11.6 Å². The Balaban J connectivity index is 1.96. The molecule has 0 fully saturated rings. The van der Waals surface area contributed by atoms with Crippen LogP contribution in [0.1, 0.15) is 23.5 Å². The highest BCUT2D eigenvalue weighted by Gasteiger charge is 2.33. The van der Waals surface area contributed by atoms with Gasteiger partial charge in [0.15, 0.2) is 0 Å². The van der Waals surface area contributed by atoms with Gasteiger partial charge in [-0.2, -0.15) is 0 Å². The second-order valence-electron chi connectivity index (χ2n) is 6.52. The van der Waals surface area contributed by atoms with Crippen molar-refractivity contribution in [1.82, 2.24) is 0 Å². The second-order valence-corrected chi connectivity index (χ2v) is 7.06. The van der Waals surface area contributed by atoms with E-state index in [0.29, 0.717) is 11.5 Å². The summed E-state index contributed by atoms with van der Waals surface area (Å²) in [5.41, 5.74) is 2.85. The smallest absolute Gasteiger partial charge is 0.228 e. The fraction of sp³-hybridized carbons (Fsp3) is 0.136. The maximum Gasteiger partial charge on any atom is 0.228 e. The largest absolute Gasteiger partial charge is 0.307 e. The first-order valence-electron chi connectivity index (χ1n) is 8.45. The number of anilines is 1. The molecule has 1 atom stereocenters. The molecule has 0 spiro atoms. The number of carbonyl (C=O) groups is 1. The standard InChI is InChI=1S/C22H17ClFNO/c1-14(23)13-25-20-11-8-15-4-2-3-5-18(15)22(20)19(12-21(25)26)16-6-9-17(24)10-7-16/h2-11,19H,1,12-13H2. The van der Waals surface area contributed by atoms with Crippen LogP contribution in [0.15, 0.2) is 72.3 Å². The first-order valence-corrected chi connectivity index (χ1v) is 8.83. The van der Waals surface area contributed by atoms with Crippen molar-refractivity contribution in [2.24, 2.45) is 0 Å². The van der Waals surface area contributed by atoms with Gasteiger partial charge in [0.1, 0.15) is 5.82 Å². The second kappa shape index (κ2) is 6.58. The number of fused-ring (bicyclic) bond motifs is 3. The SMILES string of the molecule is C=C(Cl)CN1C(=O)CC(c2ccc(F)cc2)c2c1ccc1ccccc21. The third kappa shape index (κ3) is 2.89. The van der Waals surface area contributed by atoms with Crippen LogP contribution in [0.3, 0.4) is 0 Å². The van der Waals surface area contributed by atoms with E-state index in [1.165, 1.54) is 12.1 Å². The van der Waals surface area contributed by atoms with Crippen molar-refractivity contribution in [3.8, 4) is 0 Å². The molecule has 1 heterocycles. The van der Waals surface area contributed by atoms with Crippen LogP contribution < -0.4 is 4.90 Å². The van der Waals surface area contributed by atoms with Gasteiger partial charge in [-0.3, -0.25) is 4.79 Å². The van der Waals surface area contributed by atoms with Gasteiger partial charge in [0.2, 0.25) is 5.91 Å². The summed E-state index contributed by atoms with van der Waals surface area (Å²) >= 11 is 6.00. The molecule has 3 aromatic rings. The van der Waals surface area contributed by atoms with Crippen LogP contribution in [0.5, 0.6) is 0 Å². The van der Waals surface area contributed by atoms with Gasteiger partial charge in [-0.1, -0.05) is 60.6 Å². The number of nitrogens with zero attached hydrogens (tertiary/aromatic N) is 1. The quantitative estimate of drug-likeness (QED) is 0.591. The van der Waals surface area contributed by atoms with Crippen LogP contribution >= 0.6 is 11.6 Å². The van der Waals surface area contributed by atoms with E-state index < -0.39 is 0 Å². The van der Waals surface area contributed by atoms with Crippen LogP contribution in [0.4, 0.5) is 10.1 Å². The summed E-state index contributed by atoms with van der Waals surface area (Å²) in [6, 6.07) is 18.5. The number of halogens is 2. The van der Waals surface area contributed by atoms with Gasteiger partial charge in [-0.25, -0.2) is 4.39 Å². The monoisotopic (exact) mass is 365 g/mol. The number of rotatable bonds is 3. The molecule has 130 valence electrons. The Labute approximate surface area is 156 Å². The van der Waals surface area contributed by atoms with Gasteiger partial charge >= 0.3 is 0 Å². The molecule has 1 unspecified atom stereocenters. The van der Waals surface area contributed by atoms with Crippen molar-refractivity contribution < 1.29 is 9.18 Å². The zero-order chi connectivity index (χ0) is 18.3. The van der Waals surface area contributed by atoms with Gasteiger partial charge in [0.05, 0.1) is 6.54 Å². The maximum absolute atomic E-state index is 13.4. The lowest BCUT2D eigenvalue weighted by atomic mass is 9.81. The van der Waals surface area contributed by atoms with Crippen molar-refractivity contribution in [1.29, 1.82) is 0 Å². The van der Waals surface area contributed by atoms with Crippen LogP contribution in [0.2, 0.25) is 0 Å². The predicted molar refractivity (Wildman–Crippen MR) is 104 cm³/mol. The Kier molecular flexibility index (Phi) is 4.25. The average Bonchev–Trinajstić information content (AvgIpc) is 2.63. The van der Waals surface area contributed by atoms with E-state index in [-0.39, 0.29) is 24.2 Å². The van der Waals surface area contributed by atoms with Crippen molar-refractivity contribution in [2.45, 2.75) is 12.3 Å². The minimum absolute atomic E-state index is 0.0103. The summed E-state index contributed by atoms with van der Waals surface area (Å²) in [6.45, 7) is 4.02. The van der Waals surface area contributed by atoms with Crippen LogP contribution in [-0.4, -0.2) is 12.5 Å². The molecule has 0 aromatic heterocycles. The van der Waals surface area contributed by atoms with E-state index in [1.54, 1.807) is 17.0 Å². The highest BCUT2D eigenvalue weighted by molar-refractivity contribution is 6.30. The number of amides is 1. The Morgan fingerprint density at radius 1 is 1.12 bits per heavy atom. The summed E-state index contributed by atoms with van der Waals surface area (Å²) in [7, 11) is 0. The Hall–Kier alpha value is -2.65. The minimum atomic E-state index is -0.283. The van der Waals surface area contributed by atoms with Crippen molar-refractivity contribution >= 4 is 34.0 Å². The Morgan fingerprint density at radius 2 is 1.85 bits per heavy atom. The Morgan fingerprint density at radius 3 is 2.58 bits per heavy atom. The molecular formula is C22H17ClFNO. The lowest BCUT2D eigenvalue weighted by Crippen LogP contribution is -2.37. The van der Waals surface area contributed by atoms with E-state index in [9.17, 15) is 9.18 Å². The highest BCUT2D eigenvalue weighted by Crippen LogP contribution is 2.44. The van der Waals surface area contributed by atoms with E-state index in [2.05, 4.69) is 18.7 Å². The van der Waals surface area contributed by atoms with Crippen LogP contribution in [0.25, 0.3) is 10.8 Å². The van der Waals surface area contributed by atoms with Crippen molar-refractivity contribution in [3.05, 3.63) is 89.2 Å². The van der Waals surface area contributed by atoms with Gasteiger partial charge < -0.3 is 4.90 Å². The maximum atomic E-state index is 13.4. The molecule has 4 heteroatoms. The fourth-order valence-corrected chi connectivity index (χ4v) is 3.85. The minimum Gasteiger partial charge on any atom is -0.307 e. The summed E-state index contributed by atoms with van der Waals surface area (Å²) in [5, 5.41) is 2.62. The molecule has 26 heavy (non-hydrogen) atoms. The number of benzene rings is 3. The van der Waals surface area contributed by atoms with Crippen LogP contribution in [-0.2, 0) is 4.79 Å². The number of hydrogen-bond donors (Lipinski definition) is 0. The summed E-state index contributed by atoms with van der Waals surface area (Å²) in [4.78, 5) is 14.5. The molecule has 2 nitrogen and oxygen atoms in total. The summed E-state index contributed by atoms with van der Waals surface area (Å²) < 4.78 is 13.4. The van der Waals surface area contributed by atoms with Crippen molar-refractivity contribution in [3.63, 3.8) is 0 Å². The lowest BCUT2D eigenvalue weighted by Gasteiger charge is -2.35. The van der Waals surface area contributed by atoms with Gasteiger partial charge in [-0.05, 0) is 40.1 Å². The number of carbonyl (C=O) groups excluding carboxylic acids is 1. The van der Waals surface area contributed by atoms with Gasteiger partial charge in [-0.15, -0.1) is 0 Å². The van der Waals surface area contributed by atoms with Gasteiger partial charge in [0, 0.05) is 23.1 Å². The average molecular weight is 366 g/mol. The molecule has 1 amide bonds. The Bertz CT molecular complexity index is 1010. The highest BCUT2D eigenvalue weighted by atomic mass is 35.5. The first kappa shape index (κ1) is 16.8. The molecule has 4 rings (SSSR count). The third-order valence-electron chi connectivity index (χ3n) is 4.87. The molecule has 1 aliphatic rings.